The van der Waals surface area contributed by atoms with Crippen molar-refractivity contribution in [3.63, 3.8) is 0 Å². The van der Waals surface area contributed by atoms with Crippen LogP contribution in [0.3, 0.4) is 0 Å². The van der Waals surface area contributed by atoms with E-state index >= 15 is 0 Å². The summed E-state index contributed by atoms with van der Waals surface area (Å²) in [7, 11) is 3.94. The van der Waals surface area contributed by atoms with Gasteiger partial charge in [0.25, 0.3) is 0 Å². The standard InChI is InChI=1S/C33H46ClN5O3/c1-22(2)32(35-31(41)13-14-36(5)6)27-19-23(3)7-12-30(27)37-15-17-38(18-16-37)33(42)29-21-39(24(4)40)20-28(29)25-8-10-26(34)11-9-25/h7-12,19,22,28-29,32H,13-18,20-21H2,1-6H3,(H,35,41)/t28-,29+,32-/m0/s1. The molecule has 0 aliphatic carbocycles. The van der Waals surface area contributed by atoms with E-state index in [1.165, 1.54) is 0 Å². The molecule has 2 heterocycles. The summed E-state index contributed by atoms with van der Waals surface area (Å²) < 4.78 is 0. The predicted molar refractivity (Wildman–Crippen MR) is 169 cm³/mol. The molecule has 4 rings (SSSR count). The van der Waals surface area contributed by atoms with Crippen LogP contribution in [0.4, 0.5) is 5.69 Å². The number of benzene rings is 2. The lowest BCUT2D eigenvalue weighted by atomic mass is 9.88. The van der Waals surface area contributed by atoms with Crippen LogP contribution in [0.5, 0.6) is 0 Å². The zero-order valence-electron chi connectivity index (χ0n) is 25.9. The van der Waals surface area contributed by atoms with E-state index in [2.05, 4.69) is 49.2 Å². The third-order valence-electron chi connectivity index (χ3n) is 8.60. The Morgan fingerprint density at radius 3 is 2.24 bits per heavy atom. The molecule has 42 heavy (non-hydrogen) atoms. The van der Waals surface area contributed by atoms with Gasteiger partial charge in [0.15, 0.2) is 0 Å². The van der Waals surface area contributed by atoms with Crippen LogP contribution in [0.1, 0.15) is 55.8 Å². The highest BCUT2D eigenvalue weighted by atomic mass is 35.5. The van der Waals surface area contributed by atoms with Crippen molar-refractivity contribution < 1.29 is 14.4 Å². The van der Waals surface area contributed by atoms with Crippen LogP contribution in [0, 0.1) is 18.8 Å². The third kappa shape index (κ3) is 7.64. The summed E-state index contributed by atoms with van der Waals surface area (Å²) in [5.74, 6) is 0.0394. The first-order chi connectivity index (χ1) is 19.9. The second-order valence-corrected chi connectivity index (χ2v) is 12.8. The number of amides is 3. The Hall–Kier alpha value is -3.10. The van der Waals surface area contributed by atoms with Gasteiger partial charge in [-0.3, -0.25) is 14.4 Å². The van der Waals surface area contributed by atoms with Crippen molar-refractivity contribution in [3.05, 3.63) is 64.2 Å². The van der Waals surface area contributed by atoms with Crippen LogP contribution < -0.4 is 10.2 Å². The Morgan fingerprint density at radius 1 is 0.976 bits per heavy atom. The van der Waals surface area contributed by atoms with Crippen molar-refractivity contribution in [2.75, 3.05) is 64.8 Å². The molecule has 2 aromatic rings. The SMILES string of the molecule is CC(=O)N1C[C@@H](C(=O)N2CCN(c3ccc(C)cc3[C@@H](NC(=O)CCN(C)C)C(C)C)CC2)[C@H](c2ccc(Cl)cc2)C1. The zero-order valence-corrected chi connectivity index (χ0v) is 26.7. The zero-order chi connectivity index (χ0) is 30.6. The van der Waals surface area contributed by atoms with E-state index in [0.717, 1.165) is 22.4 Å². The van der Waals surface area contributed by atoms with Crippen molar-refractivity contribution in [1.29, 1.82) is 0 Å². The van der Waals surface area contributed by atoms with Gasteiger partial charge >= 0.3 is 0 Å². The molecule has 0 unspecified atom stereocenters. The summed E-state index contributed by atoms with van der Waals surface area (Å²) in [4.78, 5) is 47.1. The first-order valence-electron chi connectivity index (χ1n) is 15.0. The molecule has 8 nitrogen and oxygen atoms in total. The van der Waals surface area contributed by atoms with Gasteiger partial charge < -0.3 is 24.9 Å². The number of carbonyl (C=O) groups is 3. The van der Waals surface area contributed by atoms with Gasteiger partial charge in [0.2, 0.25) is 17.7 Å². The van der Waals surface area contributed by atoms with E-state index in [1.807, 2.05) is 48.2 Å². The highest BCUT2D eigenvalue weighted by Gasteiger charge is 2.42. The van der Waals surface area contributed by atoms with Gasteiger partial charge in [0.1, 0.15) is 0 Å². The van der Waals surface area contributed by atoms with E-state index in [4.69, 9.17) is 11.6 Å². The lowest BCUT2D eigenvalue weighted by molar-refractivity contribution is -0.136. The van der Waals surface area contributed by atoms with E-state index in [9.17, 15) is 14.4 Å². The van der Waals surface area contributed by atoms with E-state index in [0.29, 0.717) is 57.3 Å². The molecule has 1 N–H and O–H groups in total. The van der Waals surface area contributed by atoms with Crippen molar-refractivity contribution in [1.82, 2.24) is 20.0 Å². The minimum atomic E-state index is -0.278. The minimum absolute atomic E-state index is 0.00510. The normalized spacial score (nSPS) is 19.9. The summed E-state index contributed by atoms with van der Waals surface area (Å²) in [6.45, 7) is 12.2. The highest BCUT2D eigenvalue weighted by Crippen LogP contribution is 2.36. The first kappa shape index (κ1) is 31.8. The fourth-order valence-corrected chi connectivity index (χ4v) is 6.27. The highest BCUT2D eigenvalue weighted by molar-refractivity contribution is 6.30. The average molecular weight is 596 g/mol. The summed E-state index contributed by atoms with van der Waals surface area (Å²) in [5.41, 5.74) is 4.43. The molecule has 2 fully saturated rings. The van der Waals surface area contributed by atoms with Crippen molar-refractivity contribution >= 4 is 35.0 Å². The van der Waals surface area contributed by atoms with Crippen molar-refractivity contribution in [3.8, 4) is 0 Å². The number of anilines is 1. The molecule has 228 valence electrons. The number of piperazine rings is 1. The number of aryl methyl sites for hydroxylation is 1. The molecule has 0 spiro atoms. The minimum Gasteiger partial charge on any atom is -0.368 e. The molecule has 2 aromatic carbocycles. The van der Waals surface area contributed by atoms with Crippen molar-refractivity contribution in [2.24, 2.45) is 11.8 Å². The van der Waals surface area contributed by atoms with Crippen LogP contribution >= 0.6 is 11.6 Å². The predicted octanol–water partition coefficient (Wildman–Crippen LogP) is 4.32. The monoisotopic (exact) mass is 595 g/mol. The molecule has 2 saturated heterocycles. The number of halogens is 1. The smallest absolute Gasteiger partial charge is 0.228 e. The Morgan fingerprint density at radius 2 is 1.64 bits per heavy atom. The molecule has 0 saturated carbocycles. The van der Waals surface area contributed by atoms with Gasteiger partial charge in [-0.15, -0.1) is 0 Å². The van der Waals surface area contributed by atoms with Crippen LogP contribution in [0.25, 0.3) is 0 Å². The van der Waals surface area contributed by atoms with Gasteiger partial charge in [-0.2, -0.15) is 0 Å². The Kier molecular flexibility index (Phi) is 10.5. The lowest BCUT2D eigenvalue weighted by Gasteiger charge is -2.39. The number of rotatable bonds is 9. The average Bonchev–Trinajstić information content (AvgIpc) is 3.41. The molecule has 0 aromatic heterocycles. The number of nitrogens with zero attached hydrogens (tertiary/aromatic N) is 4. The molecular weight excluding hydrogens is 550 g/mol. The second-order valence-electron chi connectivity index (χ2n) is 12.4. The fourth-order valence-electron chi connectivity index (χ4n) is 6.15. The molecule has 2 aliphatic rings. The van der Waals surface area contributed by atoms with Gasteiger partial charge in [0, 0.05) is 75.8 Å². The number of likely N-dealkylation sites (tertiary alicyclic amines) is 1. The Balaban J connectivity index is 1.48. The summed E-state index contributed by atoms with van der Waals surface area (Å²) in [6.07, 6.45) is 0.456. The largest absolute Gasteiger partial charge is 0.368 e. The lowest BCUT2D eigenvalue weighted by Crippen LogP contribution is -2.51. The van der Waals surface area contributed by atoms with E-state index < -0.39 is 0 Å². The fraction of sp³-hybridized carbons (Fsp3) is 0.545. The topological polar surface area (TPSA) is 76.2 Å². The van der Waals surface area contributed by atoms with Crippen LogP contribution in [-0.4, -0.2) is 92.3 Å². The number of carbonyl (C=O) groups excluding carboxylic acids is 3. The number of hydrogen-bond donors (Lipinski definition) is 1. The molecule has 3 atom stereocenters. The molecule has 0 radical (unpaired) electrons. The molecule has 3 amide bonds. The molecular formula is C33H46ClN5O3. The molecule has 0 bridgehead atoms. The number of nitrogens with one attached hydrogen (secondary N) is 1. The summed E-state index contributed by atoms with van der Waals surface area (Å²) in [5, 5.41) is 3.95. The maximum atomic E-state index is 13.9. The van der Waals surface area contributed by atoms with Crippen molar-refractivity contribution in [2.45, 2.75) is 46.1 Å². The maximum Gasteiger partial charge on any atom is 0.228 e. The van der Waals surface area contributed by atoms with Crippen LogP contribution in [0.15, 0.2) is 42.5 Å². The first-order valence-corrected chi connectivity index (χ1v) is 15.4. The van der Waals surface area contributed by atoms with Crippen LogP contribution in [0.2, 0.25) is 5.02 Å². The van der Waals surface area contributed by atoms with Gasteiger partial charge in [0.05, 0.1) is 12.0 Å². The Bertz CT molecular complexity index is 1260. The second kappa shape index (κ2) is 13.9. The van der Waals surface area contributed by atoms with Gasteiger partial charge in [-0.1, -0.05) is 55.3 Å². The third-order valence-corrected chi connectivity index (χ3v) is 8.85. The Labute approximate surface area is 256 Å². The maximum absolute atomic E-state index is 13.9. The van der Waals surface area contributed by atoms with Gasteiger partial charge in [-0.05, 0) is 56.3 Å². The van der Waals surface area contributed by atoms with Crippen LogP contribution in [-0.2, 0) is 14.4 Å². The summed E-state index contributed by atoms with van der Waals surface area (Å²) in [6, 6.07) is 14.0. The number of hydrogen-bond acceptors (Lipinski definition) is 5. The van der Waals surface area contributed by atoms with Gasteiger partial charge in [-0.25, -0.2) is 0 Å². The van der Waals surface area contributed by atoms with E-state index in [-0.39, 0.29) is 41.5 Å². The van der Waals surface area contributed by atoms with E-state index in [1.54, 1.807) is 11.8 Å². The molecule has 9 heteroatoms. The summed E-state index contributed by atoms with van der Waals surface area (Å²) >= 11 is 6.12. The quantitative estimate of drug-likeness (QED) is 0.467. The molecule has 2 aliphatic heterocycles.